The summed E-state index contributed by atoms with van der Waals surface area (Å²) in [6, 6.07) is 11.7. The van der Waals surface area contributed by atoms with E-state index in [0.29, 0.717) is 23.4 Å². The molecule has 0 saturated heterocycles. The molecule has 0 spiro atoms. The Morgan fingerprint density at radius 2 is 1.90 bits per heavy atom. The number of pyridine rings is 1. The first-order valence-corrected chi connectivity index (χ1v) is 7.43. The first kappa shape index (κ1) is 13.6. The van der Waals surface area contributed by atoms with E-state index in [9.17, 15) is 0 Å². The van der Waals surface area contributed by atoms with Crippen LogP contribution in [0.4, 0.5) is 5.82 Å². The van der Waals surface area contributed by atoms with Gasteiger partial charge in [0.25, 0.3) is 0 Å². The van der Waals surface area contributed by atoms with Gasteiger partial charge >= 0.3 is 0 Å². The Morgan fingerprint density at radius 1 is 1.10 bits per heavy atom. The molecule has 2 N–H and O–H groups in total. The highest BCUT2D eigenvalue weighted by molar-refractivity contribution is 7.98. The highest BCUT2D eigenvalue weighted by Crippen LogP contribution is 2.24. The topological polar surface area (TPSA) is 77.8 Å². The Balaban J connectivity index is 1.67. The maximum atomic E-state index is 5.67. The van der Waals surface area contributed by atoms with Crippen molar-refractivity contribution in [3.05, 3.63) is 54.0 Å². The Labute approximate surface area is 126 Å². The molecule has 0 radical (unpaired) electrons. The van der Waals surface area contributed by atoms with Crippen LogP contribution >= 0.6 is 11.8 Å². The van der Waals surface area contributed by atoms with E-state index in [1.807, 2.05) is 37.3 Å². The van der Waals surface area contributed by atoms with Crippen LogP contribution in [0.15, 0.2) is 51.9 Å². The van der Waals surface area contributed by atoms with Gasteiger partial charge in [-0.3, -0.25) is 0 Å². The lowest BCUT2D eigenvalue weighted by molar-refractivity contribution is 0.528. The van der Waals surface area contributed by atoms with Crippen molar-refractivity contribution in [1.82, 2.24) is 15.2 Å². The van der Waals surface area contributed by atoms with E-state index >= 15 is 0 Å². The zero-order valence-electron chi connectivity index (χ0n) is 11.5. The summed E-state index contributed by atoms with van der Waals surface area (Å²) >= 11 is 1.58. The third kappa shape index (κ3) is 3.41. The molecule has 0 bridgehead atoms. The molecule has 2 heterocycles. The molecular formula is C15H14N4OS. The van der Waals surface area contributed by atoms with Gasteiger partial charge in [-0.15, -0.1) is 22.0 Å². The summed E-state index contributed by atoms with van der Waals surface area (Å²) in [5, 5.41) is 8.14. The third-order valence-corrected chi connectivity index (χ3v) is 3.85. The third-order valence-electron chi connectivity index (χ3n) is 2.89. The SMILES string of the molecule is Cc1ccc(-c2nnc(CSc3ccc(N)nc3)o2)cc1. The number of hydrogen-bond acceptors (Lipinski definition) is 6. The molecule has 3 aromatic rings. The van der Waals surface area contributed by atoms with E-state index in [1.165, 1.54) is 5.56 Å². The molecule has 3 rings (SSSR count). The summed E-state index contributed by atoms with van der Waals surface area (Å²) in [6.07, 6.45) is 1.73. The first-order valence-electron chi connectivity index (χ1n) is 6.44. The molecule has 2 aromatic heterocycles. The average molecular weight is 298 g/mol. The Kier molecular flexibility index (Phi) is 3.87. The summed E-state index contributed by atoms with van der Waals surface area (Å²) in [6.45, 7) is 2.04. The molecule has 0 unspecified atom stereocenters. The zero-order chi connectivity index (χ0) is 14.7. The quantitative estimate of drug-likeness (QED) is 0.744. The van der Waals surface area contributed by atoms with Crippen molar-refractivity contribution in [2.24, 2.45) is 0 Å². The van der Waals surface area contributed by atoms with Gasteiger partial charge in [0, 0.05) is 16.7 Å². The molecule has 0 aliphatic carbocycles. The van der Waals surface area contributed by atoms with Crippen molar-refractivity contribution >= 4 is 17.6 Å². The summed E-state index contributed by atoms with van der Waals surface area (Å²) in [4.78, 5) is 5.06. The van der Waals surface area contributed by atoms with Crippen LogP contribution in [0, 0.1) is 6.92 Å². The standard InChI is InChI=1S/C15H14N4OS/c1-10-2-4-11(5-3-10)15-19-18-14(20-15)9-21-12-6-7-13(16)17-8-12/h2-8H,9H2,1H3,(H2,16,17). The number of nitrogens with two attached hydrogens (primary N) is 1. The second-order valence-electron chi connectivity index (χ2n) is 4.57. The van der Waals surface area contributed by atoms with Gasteiger partial charge in [0.15, 0.2) is 0 Å². The molecule has 0 fully saturated rings. The molecule has 0 atom stereocenters. The van der Waals surface area contributed by atoms with Gasteiger partial charge < -0.3 is 10.2 Å². The molecule has 0 aliphatic heterocycles. The maximum absolute atomic E-state index is 5.67. The summed E-state index contributed by atoms with van der Waals surface area (Å²) in [5.74, 6) is 2.25. The van der Waals surface area contributed by atoms with Crippen molar-refractivity contribution in [2.45, 2.75) is 17.6 Å². The van der Waals surface area contributed by atoms with Crippen LogP contribution in [0.25, 0.3) is 11.5 Å². The summed E-state index contributed by atoms with van der Waals surface area (Å²) < 4.78 is 5.67. The van der Waals surface area contributed by atoms with Gasteiger partial charge in [0.05, 0.1) is 5.75 Å². The maximum Gasteiger partial charge on any atom is 0.247 e. The number of aryl methyl sites for hydroxylation is 1. The van der Waals surface area contributed by atoms with E-state index in [-0.39, 0.29) is 0 Å². The van der Waals surface area contributed by atoms with Gasteiger partial charge in [-0.05, 0) is 31.2 Å². The molecule has 106 valence electrons. The lowest BCUT2D eigenvalue weighted by Gasteiger charge is -1.98. The fraction of sp³-hybridized carbons (Fsp3) is 0.133. The normalized spacial score (nSPS) is 10.7. The molecule has 5 nitrogen and oxygen atoms in total. The van der Waals surface area contributed by atoms with Crippen molar-refractivity contribution in [2.75, 3.05) is 5.73 Å². The lowest BCUT2D eigenvalue weighted by Crippen LogP contribution is -1.88. The number of nitrogen functional groups attached to an aromatic ring is 1. The van der Waals surface area contributed by atoms with Gasteiger partial charge in [0.1, 0.15) is 5.82 Å². The number of hydrogen-bond donors (Lipinski definition) is 1. The first-order chi connectivity index (χ1) is 10.2. The van der Waals surface area contributed by atoms with Crippen LogP contribution in [0.1, 0.15) is 11.5 Å². The fourth-order valence-corrected chi connectivity index (χ4v) is 2.45. The second-order valence-corrected chi connectivity index (χ2v) is 5.62. The van der Waals surface area contributed by atoms with E-state index in [4.69, 9.17) is 10.2 Å². The summed E-state index contributed by atoms with van der Waals surface area (Å²) in [5.41, 5.74) is 7.68. The molecular weight excluding hydrogens is 284 g/mol. The number of benzene rings is 1. The number of thioether (sulfide) groups is 1. The van der Waals surface area contributed by atoms with Gasteiger partial charge in [-0.25, -0.2) is 4.98 Å². The van der Waals surface area contributed by atoms with Crippen LogP contribution < -0.4 is 5.73 Å². The smallest absolute Gasteiger partial charge is 0.247 e. The van der Waals surface area contributed by atoms with Gasteiger partial charge in [-0.2, -0.15) is 0 Å². The number of nitrogens with zero attached hydrogens (tertiary/aromatic N) is 3. The summed E-state index contributed by atoms with van der Waals surface area (Å²) in [7, 11) is 0. The minimum Gasteiger partial charge on any atom is -0.420 e. The Morgan fingerprint density at radius 3 is 2.62 bits per heavy atom. The molecule has 0 amide bonds. The molecule has 0 saturated carbocycles. The van der Waals surface area contributed by atoms with Crippen molar-refractivity contribution in [1.29, 1.82) is 0 Å². The minimum absolute atomic E-state index is 0.513. The van der Waals surface area contributed by atoms with Crippen LogP contribution in [0.3, 0.4) is 0 Å². The monoisotopic (exact) mass is 298 g/mol. The highest BCUT2D eigenvalue weighted by atomic mass is 32.2. The van der Waals surface area contributed by atoms with Crippen molar-refractivity contribution in [3.63, 3.8) is 0 Å². The van der Waals surface area contributed by atoms with Crippen LogP contribution in [0.5, 0.6) is 0 Å². The number of aromatic nitrogens is 3. The Bertz CT molecular complexity index is 722. The van der Waals surface area contributed by atoms with E-state index in [2.05, 4.69) is 15.2 Å². The van der Waals surface area contributed by atoms with Gasteiger partial charge in [-0.1, -0.05) is 17.7 Å². The van der Waals surface area contributed by atoms with Crippen LogP contribution in [0.2, 0.25) is 0 Å². The largest absolute Gasteiger partial charge is 0.420 e. The zero-order valence-corrected chi connectivity index (χ0v) is 12.3. The number of rotatable bonds is 4. The average Bonchev–Trinajstić information content (AvgIpc) is 2.96. The van der Waals surface area contributed by atoms with Crippen LogP contribution in [-0.4, -0.2) is 15.2 Å². The predicted octanol–water partition coefficient (Wildman–Crippen LogP) is 3.31. The van der Waals surface area contributed by atoms with Crippen LogP contribution in [-0.2, 0) is 5.75 Å². The lowest BCUT2D eigenvalue weighted by atomic mass is 10.1. The van der Waals surface area contributed by atoms with E-state index in [0.717, 1.165) is 10.5 Å². The van der Waals surface area contributed by atoms with Crippen molar-refractivity contribution in [3.8, 4) is 11.5 Å². The van der Waals surface area contributed by atoms with E-state index < -0.39 is 0 Å². The Hall–Kier alpha value is -2.34. The van der Waals surface area contributed by atoms with Crippen molar-refractivity contribution < 1.29 is 4.42 Å². The van der Waals surface area contributed by atoms with E-state index in [1.54, 1.807) is 24.0 Å². The fourth-order valence-electron chi connectivity index (χ4n) is 1.75. The predicted molar refractivity (Wildman–Crippen MR) is 82.7 cm³/mol. The highest BCUT2D eigenvalue weighted by Gasteiger charge is 2.08. The van der Waals surface area contributed by atoms with Gasteiger partial charge in [0.2, 0.25) is 11.8 Å². The number of anilines is 1. The molecule has 0 aliphatic rings. The second kappa shape index (κ2) is 5.97. The minimum atomic E-state index is 0.513. The molecule has 21 heavy (non-hydrogen) atoms. The molecule has 1 aromatic carbocycles. The molecule has 6 heteroatoms.